The van der Waals surface area contributed by atoms with Gasteiger partial charge in [0, 0.05) is 17.4 Å². The van der Waals surface area contributed by atoms with Gasteiger partial charge in [0.05, 0.1) is 11.3 Å². The molecule has 0 bridgehead atoms. The van der Waals surface area contributed by atoms with Crippen LogP contribution < -0.4 is 0 Å². The Balaban J connectivity index is 1.67. The van der Waals surface area contributed by atoms with Crippen molar-refractivity contribution in [3.8, 4) is 17.3 Å². The average molecular weight is 392 g/mol. The van der Waals surface area contributed by atoms with E-state index in [0.29, 0.717) is 21.8 Å². The molecule has 138 valence electrons. The van der Waals surface area contributed by atoms with Crippen LogP contribution in [0.25, 0.3) is 16.8 Å². The lowest BCUT2D eigenvalue weighted by molar-refractivity contribution is 0.0251. The second-order valence-electron chi connectivity index (χ2n) is 6.17. The number of carbonyl (C=O) groups excluding carboxylic acids is 1. The summed E-state index contributed by atoms with van der Waals surface area (Å²) in [6.07, 6.45) is -0.676. The summed E-state index contributed by atoms with van der Waals surface area (Å²) < 4.78 is 18.4. The van der Waals surface area contributed by atoms with Crippen LogP contribution in [0, 0.1) is 17.1 Å². The lowest BCUT2D eigenvalue weighted by Crippen LogP contribution is -2.29. The van der Waals surface area contributed by atoms with Crippen LogP contribution in [0.4, 0.5) is 4.39 Å². The first-order valence-electron chi connectivity index (χ1n) is 8.41. The number of nitrogens with zero attached hydrogens (tertiary/aromatic N) is 2. The van der Waals surface area contributed by atoms with Crippen molar-refractivity contribution in [1.82, 2.24) is 4.98 Å². The third kappa shape index (κ3) is 3.26. The van der Waals surface area contributed by atoms with Crippen LogP contribution >= 0.6 is 11.3 Å². The zero-order valence-corrected chi connectivity index (χ0v) is 15.2. The maximum atomic E-state index is 13.1. The fourth-order valence-corrected chi connectivity index (χ4v) is 3.83. The second kappa shape index (κ2) is 7.25. The Morgan fingerprint density at radius 3 is 2.75 bits per heavy atom. The third-order valence-electron chi connectivity index (χ3n) is 4.42. The number of hydrogen-bond donors (Lipinski definition) is 1. The molecule has 1 unspecified atom stereocenters. The number of thiazole rings is 1. The van der Waals surface area contributed by atoms with Crippen LogP contribution in [-0.2, 0) is 11.2 Å². The molecular weight excluding hydrogens is 379 g/mol. The summed E-state index contributed by atoms with van der Waals surface area (Å²) in [4.78, 5) is 16.6. The minimum absolute atomic E-state index is 0.0458. The van der Waals surface area contributed by atoms with E-state index in [4.69, 9.17) is 4.74 Å². The number of cyclic esters (lactones) is 1. The van der Waals surface area contributed by atoms with Gasteiger partial charge in [0.15, 0.2) is 11.9 Å². The molecule has 0 fully saturated rings. The molecule has 7 heteroatoms. The van der Waals surface area contributed by atoms with Crippen LogP contribution in [0.15, 0.2) is 59.7 Å². The molecule has 0 amide bonds. The van der Waals surface area contributed by atoms with Gasteiger partial charge in [-0.05, 0) is 35.9 Å². The molecule has 0 radical (unpaired) electrons. The van der Waals surface area contributed by atoms with Crippen molar-refractivity contribution >= 4 is 22.9 Å². The van der Waals surface area contributed by atoms with Crippen molar-refractivity contribution in [2.24, 2.45) is 0 Å². The normalized spacial score (nSPS) is 16.6. The van der Waals surface area contributed by atoms with E-state index in [2.05, 4.69) is 4.98 Å². The summed E-state index contributed by atoms with van der Waals surface area (Å²) in [7, 11) is 0. The molecule has 3 aromatic rings. The fourth-order valence-electron chi connectivity index (χ4n) is 3.00. The zero-order valence-electron chi connectivity index (χ0n) is 14.4. The smallest absolute Gasteiger partial charge is 0.339 e. The monoisotopic (exact) mass is 392 g/mol. The number of hydrogen-bond acceptors (Lipinski definition) is 6. The number of aliphatic hydroxyl groups is 1. The lowest BCUT2D eigenvalue weighted by atomic mass is 9.96. The van der Waals surface area contributed by atoms with Crippen molar-refractivity contribution in [3.05, 3.63) is 81.6 Å². The highest BCUT2D eigenvalue weighted by Gasteiger charge is 2.31. The van der Waals surface area contributed by atoms with Crippen LogP contribution in [-0.4, -0.2) is 22.2 Å². The maximum Gasteiger partial charge on any atom is 0.339 e. The summed E-state index contributed by atoms with van der Waals surface area (Å²) in [5, 5.41) is 22.2. The first kappa shape index (κ1) is 17.9. The second-order valence-corrected chi connectivity index (χ2v) is 7.03. The van der Waals surface area contributed by atoms with Crippen LogP contribution in [0.3, 0.4) is 0 Å². The number of rotatable bonds is 3. The molecule has 0 saturated heterocycles. The van der Waals surface area contributed by atoms with Crippen molar-refractivity contribution in [3.63, 3.8) is 0 Å². The first-order valence-corrected chi connectivity index (χ1v) is 9.28. The molecule has 1 N–H and O–H groups in total. The zero-order chi connectivity index (χ0) is 19.7. The van der Waals surface area contributed by atoms with E-state index >= 15 is 0 Å². The van der Waals surface area contributed by atoms with Gasteiger partial charge >= 0.3 is 5.97 Å². The summed E-state index contributed by atoms with van der Waals surface area (Å²) in [6, 6.07) is 14.8. The standard InChI is InChI=1S/C21H13FN2O3S/c22-14-7-5-12(6-8-14)17-11-28-20(24-17)16(10-23)19(25)18-9-13-3-1-2-4-15(13)21(26)27-18/h1-8,11,18,25H,9H2. The minimum atomic E-state index is -0.949. The van der Waals surface area contributed by atoms with Gasteiger partial charge in [-0.3, -0.25) is 0 Å². The summed E-state index contributed by atoms with van der Waals surface area (Å²) >= 11 is 1.17. The van der Waals surface area contributed by atoms with E-state index in [-0.39, 0.29) is 23.6 Å². The van der Waals surface area contributed by atoms with Crippen molar-refractivity contribution in [1.29, 1.82) is 5.26 Å². The van der Waals surface area contributed by atoms with E-state index < -0.39 is 12.1 Å². The van der Waals surface area contributed by atoms with Gasteiger partial charge in [-0.1, -0.05) is 18.2 Å². The molecule has 0 spiro atoms. The number of carbonyl (C=O) groups is 1. The largest absolute Gasteiger partial charge is 0.507 e. The summed E-state index contributed by atoms with van der Waals surface area (Å²) in [5.74, 6) is -1.22. The first-order chi connectivity index (χ1) is 13.6. The number of ether oxygens (including phenoxy) is 1. The van der Waals surface area contributed by atoms with Gasteiger partial charge in [-0.15, -0.1) is 11.3 Å². The van der Waals surface area contributed by atoms with Gasteiger partial charge in [0.25, 0.3) is 0 Å². The van der Waals surface area contributed by atoms with E-state index in [1.807, 2.05) is 6.07 Å². The van der Waals surface area contributed by atoms with Gasteiger partial charge in [0.2, 0.25) is 0 Å². The molecule has 1 atom stereocenters. The molecule has 5 nitrogen and oxygen atoms in total. The quantitative estimate of drug-likeness (QED) is 0.402. The molecule has 0 saturated carbocycles. The molecule has 28 heavy (non-hydrogen) atoms. The predicted octanol–water partition coefficient (Wildman–Crippen LogP) is 4.52. The number of benzene rings is 2. The number of aromatic nitrogens is 1. The van der Waals surface area contributed by atoms with Gasteiger partial charge in [0.1, 0.15) is 22.5 Å². The Morgan fingerprint density at radius 1 is 1.25 bits per heavy atom. The Labute approximate surface area is 164 Å². The highest BCUT2D eigenvalue weighted by Crippen LogP contribution is 2.31. The Kier molecular flexibility index (Phi) is 4.63. The third-order valence-corrected chi connectivity index (χ3v) is 5.28. The Morgan fingerprint density at radius 2 is 2.00 bits per heavy atom. The molecule has 4 rings (SSSR count). The molecular formula is C21H13FN2O3S. The molecule has 0 aliphatic carbocycles. The van der Waals surface area contributed by atoms with E-state index in [1.165, 1.54) is 23.5 Å². The minimum Gasteiger partial charge on any atom is -0.507 e. The van der Waals surface area contributed by atoms with Gasteiger partial charge < -0.3 is 9.84 Å². The van der Waals surface area contributed by atoms with E-state index in [9.17, 15) is 19.6 Å². The molecule has 1 aliphatic rings. The number of allylic oxidation sites excluding steroid dienone is 1. The maximum absolute atomic E-state index is 13.1. The van der Waals surface area contributed by atoms with Gasteiger partial charge in [-0.25, -0.2) is 14.2 Å². The average Bonchev–Trinajstić information content (AvgIpc) is 3.19. The highest BCUT2D eigenvalue weighted by atomic mass is 32.1. The van der Waals surface area contributed by atoms with Crippen LogP contribution in [0.1, 0.15) is 20.9 Å². The van der Waals surface area contributed by atoms with Crippen LogP contribution in [0.5, 0.6) is 0 Å². The van der Waals surface area contributed by atoms with Crippen molar-refractivity contribution < 1.29 is 19.0 Å². The topological polar surface area (TPSA) is 83.2 Å². The fraction of sp³-hybridized carbons (Fsp3) is 0.0952. The predicted molar refractivity (Wildman–Crippen MR) is 102 cm³/mol. The summed E-state index contributed by atoms with van der Waals surface area (Å²) in [5.41, 5.74) is 2.41. The SMILES string of the molecule is N#CC(=C(O)C1Cc2ccccc2C(=O)O1)c1nc(-c2ccc(F)cc2)cs1. The number of nitriles is 1. The van der Waals surface area contributed by atoms with Crippen molar-refractivity contribution in [2.45, 2.75) is 12.5 Å². The van der Waals surface area contributed by atoms with Crippen LogP contribution in [0.2, 0.25) is 0 Å². The summed E-state index contributed by atoms with van der Waals surface area (Å²) in [6.45, 7) is 0. The van der Waals surface area contributed by atoms with E-state index in [0.717, 1.165) is 5.56 Å². The van der Waals surface area contributed by atoms with Crippen molar-refractivity contribution in [2.75, 3.05) is 0 Å². The molecule has 1 aliphatic heterocycles. The number of fused-ring (bicyclic) bond motifs is 1. The van der Waals surface area contributed by atoms with Gasteiger partial charge in [-0.2, -0.15) is 5.26 Å². The highest BCUT2D eigenvalue weighted by molar-refractivity contribution is 7.11. The number of halogens is 1. The molecule has 2 aromatic carbocycles. The Bertz CT molecular complexity index is 1130. The molecule has 2 heterocycles. The number of aliphatic hydroxyl groups excluding tert-OH is 1. The molecule has 1 aromatic heterocycles. The Hall–Kier alpha value is -3.50. The lowest BCUT2D eigenvalue weighted by Gasteiger charge is -2.24. The number of esters is 1. The van der Waals surface area contributed by atoms with E-state index in [1.54, 1.807) is 41.8 Å².